The highest BCUT2D eigenvalue weighted by atomic mass is 16.2. The lowest BCUT2D eigenvalue weighted by Gasteiger charge is -2.33. The van der Waals surface area contributed by atoms with Crippen LogP contribution in [0.3, 0.4) is 0 Å². The summed E-state index contributed by atoms with van der Waals surface area (Å²) in [4.78, 5) is 43.4. The first-order valence-electron chi connectivity index (χ1n) is 8.91. The molecular formula is C18H24N6O3. The van der Waals surface area contributed by atoms with Gasteiger partial charge in [-0.15, -0.1) is 0 Å². The number of carbonyl (C=O) groups excluding carboxylic acids is 2. The van der Waals surface area contributed by atoms with Crippen LogP contribution in [0.15, 0.2) is 17.2 Å². The molecule has 0 spiro atoms. The fourth-order valence-electron chi connectivity index (χ4n) is 3.46. The topological polar surface area (TPSA) is 102 Å². The van der Waals surface area contributed by atoms with E-state index in [0.717, 1.165) is 12.8 Å². The molecule has 1 fully saturated rings. The monoisotopic (exact) mass is 372 g/mol. The Bertz CT molecular complexity index is 945. The Morgan fingerprint density at radius 3 is 2.67 bits per heavy atom. The highest BCUT2D eigenvalue weighted by Gasteiger charge is 2.29. The zero-order chi connectivity index (χ0) is 19.7. The average molecular weight is 372 g/mol. The fraction of sp³-hybridized carbons (Fsp3) is 0.500. The molecule has 2 aromatic heterocycles. The number of ketones is 1. The normalized spacial score (nSPS) is 17.0. The number of amides is 1. The van der Waals surface area contributed by atoms with Gasteiger partial charge in [-0.05, 0) is 26.7 Å². The fourth-order valence-corrected chi connectivity index (χ4v) is 3.46. The summed E-state index contributed by atoms with van der Waals surface area (Å²) in [6.45, 7) is 4.61. The van der Waals surface area contributed by atoms with E-state index in [1.165, 1.54) is 4.57 Å². The Hall–Kier alpha value is -2.97. The molecule has 0 radical (unpaired) electrons. The molecule has 1 N–H and O–H groups in total. The number of piperidine rings is 1. The highest BCUT2D eigenvalue weighted by Crippen LogP contribution is 2.16. The van der Waals surface area contributed by atoms with Gasteiger partial charge in [-0.2, -0.15) is 5.10 Å². The molecule has 1 saturated heterocycles. The molecule has 0 aliphatic carbocycles. The first-order valence-corrected chi connectivity index (χ1v) is 8.91. The van der Waals surface area contributed by atoms with Gasteiger partial charge in [0.1, 0.15) is 0 Å². The number of hydrogen-bond acceptors (Lipinski definition) is 6. The standard InChI is InChI=1S/C18H24N6O3/c1-11-14(12(2)23(4)21-11)15(25)17(26)20-13-6-5-8-24(10-13)16-18(27)22(3)9-7-19-16/h7,9,13H,5-6,8,10H2,1-4H3,(H,20,26). The van der Waals surface area contributed by atoms with Crippen LogP contribution in [-0.4, -0.2) is 50.2 Å². The molecule has 3 heterocycles. The van der Waals surface area contributed by atoms with Crippen LogP contribution in [0.4, 0.5) is 5.82 Å². The molecule has 1 amide bonds. The van der Waals surface area contributed by atoms with E-state index >= 15 is 0 Å². The number of hydrogen-bond donors (Lipinski definition) is 1. The van der Waals surface area contributed by atoms with Crippen LogP contribution in [-0.2, 0) is 18.9 Å². The zero-order valence-corrected chi connectivity index (χ0v) is 16.0. The molecule has 1 unspecified atom stereocenters. The lowest BCUT2D eigenvalue weighted by atomic mass is 10.0. The molecule has 0 saturated carbocycles. The molecule has 144 valence electrons. The Morgan fingerprint density at radius 1 is 1.26 bits per heavy atom. The SMILES string of the molecule is Cc1nn(C)c(C)c1C(=O)C(=O)NC1CCCN(c2nccn(C)c2=O)C1. The summed E-state index contributed by atoms with van der Waals surface area (Å²) in [7, 11) is 3.41. The van der Waals surface area contributed by atoms with Crippen molar-refractivity contribution in [1.29, 1.82) is 0 Å². The molecule has 3 rings (SSSR count). The van der Waals surface area contributed by atoms with Crippen molar-refractivity contribution in [1.82, 2.24) is 24.6 Å². The van der Waals surface area contributed by atoms with Crippen molar-refractivity contribution in [2.24, 2.45) is 14.1 Å². The molecule has 1 aliphatic heterocycles. The predicted molar refractivity (Wildman–Crippen MR) is 99.9 cm³/mol. The summed E-state index contributed by atoms with van der Waals surface area (Å²) < 4.78 is 3.07. The molecule has 9 nitrogen and oxygen atoms in total. The second-order valence-electron chi connectivity index (χ2n) is 6.92. The van der Waals surface area contributed by atoms with Crippen LogP contribution in [0.5, 0.6) is 0 Å². The lowest BCUT2D eigenvalue weighted by molar-refractivity contribution is -0.117. The van der Waals surface area contributed by atoms with Crippen LogP contribution < -0.4 is 15.8 Å². The number of rotatable bonds is 4. The van der Waals surface area contributed by atoms with E-state index in [1.807, 2.05) is 4.90 Å². The Morgan fingerprint density at radius 2 is 2.00 bits per heavy atom. The molecule has 2 aromatic rings. The second-order valence-corrected chi connectivity index (χ2v) is 6.92. The number of anilines is 1. The largest absolute Gasteiger partial charge is 0.350 e. The Kier molecular flexibility index (Phi) is 5.11. The van der Waals surface area contributed by atoms with Crippen molar-refractivity contribution < 1.29 is 9.59 Å². The van der Waals surface area contributed by atoms with Crippen LogP contribution in [0.1, 0.15) is 34.6 Å². The van der Waals surface area contributed by atoms with E-state index in [2.05, 4.69) is 15.4 Å². The summed E-state index contributed by atoms with van der Waals surface area (Å²) in [5.41, 5.74) is 1.37. The van der Waals surface area contributed by atoms with Crippen molar-refractivity contribution in [3.63, 3.8) is 0 Å². The minimum Gasteiger partial charge on any atom is -0.350 e. The van der Waals surface area contributed by atoms with Gasteiger partial charge >= 0.3 is 0 Å². The van der Waals surface area contributed by atoms with Gasteiger partial charge in [0.05, 0.1) is 11.3 Å². The molecule has 27 heavy (non-hydrogen) atoms. The summed E-state index contributed by atoms with van der Waals surface area (Å²) in [5.74, 6) is -0.858. The number of aromatic nitrogens is 4. The quantitative estimate of drug-likeness (QED) is 0.603. The summed E-state index contributed by atoms with van der Waals surface area (Å²) >= 11 is 0. The maximum atomic E-state index is 12.6. The van der Waals surface area contributed by atoms with E-state index in [4.69, 9.17) is 0 Å². The van der Waals surface area contributed by atoms with Gasteiger partial charge in [-0.3, -0.25) is 19.1 Å². The van der Waals surface area contributed by atoms with Gasteiger partial charge in [0.25, 0.3) is 17.2 Å². The van der Waals surface area contributed by atoms with Crippen molar-refractivity contribution in [3.8, 4) is 0 Å². The Labute approximate surface area is 157 Å². The minimum atomic E-state index is -0.644. The van der Waals surface area contributed by atoms with Gasteiger partial charge in [-0.25, -0.2) is 4.98 Å². The van der Waals surface area contributed by atoms with Gasteiger partial charge in [0.15, 0.2) is 5.82 Å². The highest BCUT2D eigenvalue weighted by molar-refractivity contribution is 6.43. The summed E-state index contributed by atoms with van der Waals surface area (Å²) in [6.07, 6.45) is 4.72. The van der Waals surface area contributed by atoms with E-state index in [-0.39, 0.29) is 11.6 Å². The number of nitrogens with one attached hydrogen (secondary N) is 1. The van der Waals surface area contributed by atoms with Gasteiger partial charge in [0.2, 0.25) is 0 Å². The van der Waals surface area contributed by atoms with Crippen LogP contribution in [0.25, 0.3) is 0 Å². The third-order valence-corrected chi connectivity index (χ3v) is 5.00. The van der Waals surface area contributed by atoms with Gasteiger partial charge in [-0.1, -0.05) is 0 Å². The van der Waals surface area contributed by atoms with Crippen molar-refractivity contribution in [3.05, 3.63) is 39.7 Å². The van der Waals surface area contributed by atoms with Crippen LogP contribution in [0, 0.1) is 13.8 Å². The van der Waals surface area contributed by atoms with Gasteiger partial charge in [0, 0.05) is 51.3 Å². The minimum absolute atomic E-state index is 0.179. The average Bonchev–Trinajstić information content (AvgIpc) is 2.89. The van der Waals surface area contributed by atoms with Crippen molar-refractivity contribution >= 4 is 17.5 Å². The molecular weight excluding hydrogens is 348 g/mol. The number of Topliss-reactive ketones (excluding diaryl/α,β-unsaturated/α-hetero) is 1. The maximum Gasteiger partial charge on any atom is 0.293 e. The number of nitrogens with zero attached hydrogens (tertiary/aromatic N) is 5. The molecule has 0 bridgehead atoms. The zero-order valence-electron chi connectivity index (χ0n) is 16.0. The number of aryl methyl sites for hydroxylation is 3. The van der Waals surface area contributed by atoms with Gasteiger partial charge < -0.3 is 14.8 Å². The molecule has 1 aliphatic rings. The van der Waals surface area contributed by atoms with E-state index in [1.54, 1.807) is 45.0 Å². The van der Waals surface area contributed by atoms with E-state index < -0.39 is 11.7 Å². The first kappa shape index (κ1) is 18.8. The third kappa shape index (κ3) is 3.62. The predicted octanol–water partition coefficient (Wildman–Crippen LogP) is 0.0985. The smallest absolute Gasteiger partial charge is 0.293 e. The van der Waals surface area contributed by atoms with E-state index in [9.17, 15) is 14.4 Å². The summed E-state index contributed by atoms with van der Waals surface area (Å²) in [5, 5.41) is 7.00. The molecule has 9 heteroatoms. The Balaban J connectivity index is 1.72. The number of carbonyl (C=O) groups is 2. The van der Waals surface area contributed by atoms with Crippen LogP contribution >= 0.6 is 0 Å². The van der Waals surface area contributed by atoms with Crippen molar-refractivity contribution in [2.45, 2.75) is 32.7 Å². The van der Waals surface area contributed by atoms with Crippen molar-refractivity contribution in [2.75, 3.05) is 18.0 Å². The second kappa shape index (κ2) is 7.34. The maximum absolute atomic E-state index is 12.6. The van der Waals surface area contributed by atoms with Crippen LogP contribution in [0.2, 0.25) is 0 Å². The third-order valence-electron chi connectivity index (χ3n) is 5.00. The summed E-state index contributed by atoms with van der Waals surface area (Å²) in [6, 6.07) is -0.223. The molecule has 0 aromatic carbocycles. The lowest BCUT2D eigenvalue weighted by Crippen LogP contribution is -2.51. The van der Waals surface area contributed by atoms with E-state index in [0.29, 0.717) is 35.9 Å². The molecule has 1 atom stereocenters. The first-order chi connectivity index (χ1) is 12.8.